The molecule has 10 nitrogen and oxygen atoms in total. The summed E-state index contributed by atoms with van der Waals surface area (Å²) in [5, 5.41) is 11.7. The first-order chi connectivity index (χ1) is 22.1. The second kappa shape index (κ2) is 11.7. The van der Waals surface area contributed by atoms with E-state index in [1.165, 1.54) is 4.90 Å². The van der Waals surface area contributed by atoms with E-state index in [9.17, 15) is 14.7 Å². The standard InChI is InChI=1S/C36H38N6O4/c1-36(2,3)46-35(45)42-17-5-7-31(42)33-38-21-29(40-33)27-15-14-25-18-24(12-13-26(25)19-27)22-8-10-23(11-9-22)28-20-37-32(39-28)30-6-4-16-41(30)34(43)44/h8-15,18-21,30-31H,4-7,16-17H2,1-3H3,(H,37,39)(H,38,40)(H,43,44). The molecule has 7 rings (SSSR count). The Morgan fingerprint density at radius 2 is 1.43 bits per heavy atom. The number of benzene rings is 3. The third kappa shape index (κ3) is 5.82. The Labute approximate surface area is 267 Å². The van der Waals surface area contributed by atoms with Crippen molar-refractivity contribution in [3.63, 3.8) is 0 Å². The zero-order valence-electron chi connectivity index (χ0n) is 26.3. The molecule has 2 amide bonds. The van der Waals surface area contributed by atoms with Crippen molar-refractivity contribution in [3.8, 4) is 33.6 Å². The van der Waals surface area contributed by atoms with Gasteiger partial charge in [0, 0.05) is 24.8 Å². The molecule has 0 aliphatic carbocycles. The van der Waals surface area contributed by atoms with E-state index in [1.54, 1.807) is 11.1 Å². The van der Waals surface area contributed by atoms with Gasteiger partial charge in [-0.2, -0.15) is 0 Å². The highest BCUT2D eigenvalue weighted by Gasteiger charge is 2.35. The van der Waals surface area contributed by atoms with Crippen LogP contribution in [0.2, 0.25) is 0 Å². The van der Waals surface area contributed by atoms with E-state index in [-0.39, 0.29) is 18.2 Å². The van der Waals surface area contributed by atoms with Crippen molar-refractivity contribution in [2.45, 2.75) is 64.1 Å². The van der Waals surface area contributed by atoms with Crippen LogP contribution in [0, 0.1) is 0 Å². The number of amides is 2. The minimum Gasteiger partial charge on any atom is -0.465 e. The number of hydrogen-bond acceptors (Lipinski definition) is 5. The van der Waals surface area contributed by atoms with Crippen LogP contribution in [0.1, 0.15) is 70.2 Å². The number of aromatic nitrogens is 4. The summed E-state index contributed by atoms with van der Waals surface area (Å²) in [5.74, 6) is 1.48. The Kier molecular flexibility index (Phi) is 7.50. The number of nitrogens with one attached hydrogen (secondary N) is 2. The van der Waals surface area contributed by atoms with E-state index in [2.05, 4.69) is 75.6 Å². The van der Waals surface area contributed by atoms with E-state index in [4.69, 9.17) is 9.72 Å². The van der Waals surface area contributed by atoms with Crippen molar-refractivity contribution in [2.24, 2.45) is 0 Å². The van der Waals surface area contributed by atoms with Gasteiger partial charge in [-0.15, -0.1) is 0 Å². The lowest BCUT2D eigenvalue weighted by atomic mass is 9.98. The summed E-state index contributed by atoms with van der Waals surface area (Å²) in [6.45, 7) is 6.85. The van der Waals surface area contributed by atoms with Crippen molar-refractivity contribution < 1.29 is 19.4 Å². The molecule has 0 spiro atoms. The molecule has 4 heterocycles. The summed E-state index contributed by atoms with van der Waals surface area (Å²) in [5.41, 5.74) is 5.40. The molecule has 0 radical (unpaired) electrons. The highest BCUT2D eigenvalue weighted by atomic mass is 16.6. The third-order valence-electron chi connectivity index (χ3n) is 8.87. The van der Waals surface area contributed by atoms with Crippen molar-refractivity contribution in [2.75, 3.05) is 13.1 Å². The second-order valence-electron chi connectivity index (χ2n) is 13.2. The van der Waals surface area contributed by atoms with Gasteiger partial charge in [0.15, 0.2) is 0 Å². The summed E-state index contributed by atoms with van der Waals surface area (Å²) < 4.78 is 5.63. The van der Waals surface area contributed by atoms with Crippen molar-refractivity contribution in [1.29, 1.82) is 0 Å². The lowest BCUT2D eigenvalue weighted by Crippen LogP contribution is -2.36. The number of carbonyl (C=O) groups excluding carboxylic acids is 1. The molecule has 2 saturated heterocycles. The molecule has 2 aliphatic heterocycles. The zero-order chi connectivity index (χ0) is 32.0. The van der Waals surface area contributed by atoms with Crippen molar-refractivity contribution >= 4 is 23.0 Å². The minimum atomic E-state index is -0.904. The zero-order valence-corrected chi connectivity index (χ0v) is 26.3. The molecule has 2 unspecified atom stereocenters. The lowest BCUT2D eigenvalue weighted by Gasteiger charge is -2.27. The normalized spacial score (nSPS) is 18.4. The first-order valence-electron chi connectivity index (χ1n) is 15.9. The van der Waals surface area contributed by atoms with E-state index < -0.39 is 11.7 Å². The summed E-state index contributed by atoms with van der Waals surface area (Å²) in [7, 11) is 0. The predicted octanol–water partition coefficient (Wildman–Crippen LogP) is 8.17. The molecule has 46 heavy (non-hydrogen) atoms. The number of H-pyrrole nitrogens is 2. The molecule has 3 aromatic carbocycles. The Morgan fingerprint density at radius 1 is 0.826 bits per heavy atom. The van der Waals surface area contributed by atoms with Gasteiger partial charge < -0.3 is 19.8 Å². The van der Waals surface area contributed by atoms with Gasteiger partial charge in [0.05, 0.1) is 29.7 Å². The fourth-order valence-electron chi connectivity index (χ4n) is 6.60. The second-order valence-corrected chi connectivity index (χ2v) is 13.2. The van der Waals surface area contributed by atoms with Crippen LogP contribution >= 0.6 is 0 Å². The molecule has 5 aromatic rings. The maximum atomic E-state index is 12.8. The Hall–Kier alpha value is -5.12. The molecule has 3 N–H and O–H groups in total. The maximum absolute atomic E-state index is 12.8. The van der Waals surface area contributed by atoms with E-state index in [0.717, 1.165) is 75.9 Å². The van der Waals surface area contributed by atoms with E-state index in [0.29, 0.717) is 18.9 Å². The fourth-order valence-corrected chi connectivity index (χ4v) is 6.60. The van der Waals surface area contributed by atoms with Crippen molar-refractivity contribution in [3.05, 3.63) is 84.7 Å². The van der Waals surface area contributed by atoms with Crippen LogP contribution in [0.3, 0.4) is 0 Å². The Balaban J connectivity index is 1.06. The number of carbonyl (C=O) groups is 2. The minimum absolute atomic E-state index is 0.122. The van der Waals surface area contributed by atoms with Crippen LogP contribution < -0.4 is 0 Å². The predicted molar refractivity (Wildman–Crippen MR) is 176 cm³/mol. The largest absolute Gasteiger partial charge is 0.465 e. The number of imidazole rings is 2. The average Bonchev–Trinajstić information content (AvgIpc) is 3.85. The molecule has 2 aromatic heterocycles. The third-order valence-corrected chi connectivity index (χ3v) is 8.87. The first kappa shape index (κ1) is 29.6. The molecule has 2 fully saturated rings. The molecule has 236 valence electrons. The number of aromatic amines is 2. The van der Waals surface area contributed by atoms with Gasteiger partial charge in [-0.25, -0.2) is 19.6 Å². The molecule has 2 atom stereocenters. The quantitative estimate of drug-likeness (QED) is 0.182. The number of nitrogens with zero attached hydrogens (tertiary/aromatic N) is 4. The van der Waals surface area contributed by atoms with E-state index >= 15 is 0 Å². The van der Waals surface area contributed by atoms with E-state index in [1.807, 2.05) is 27.0 Å². The topological polar surface area (TPSA) is 127 Å². The fraction of sp³-hybridized carbons (Fsp3) is 0.333. The molecular weight excluding hydrogens is 580 g/mol. The summed E-state index contributed by atoms with van der Waals surface area (Å²) >= 11 is 0. The van der Waals surface area contributed by atoms with Crippen LogP contribution in [0.25, 0.3) is 44.4 Å². The van der Waals surface area contributed by atoms with Crippen LogP contribution in [0.15, 0.2) is 73.1 Å². The van der Waals surface area contributed by atoms with Gasteiger partial charge in [0.25, 0.3) is 0 Å². The summed E-state index contributed by atoms with van der Waals surface area (Å²) in [6.07, 6.45) is 5.88. The van der Waals surface area contributed by atoms with Crippen LogP contribution in [0.5, 0.6) is 0 Å². The van der Waals surface area contributed by atoms with Crippen LogP contribution in [-0.4, -0.2) is 65.7 Å². The lowest BCUT2D eigenvalue weighted by molar-refractivity contribution is 0.0218. The van der Waals surface area contributed by atoms with Crippen LogP contribution in [0.4, 0.5) is 9.59 Å². The van der Waals surface area contributed by atoms with Crippen molar-refractivity contribution in [1.82, 2.24) is 29.7 Å². The first-order valence-corrected chi connectivity index (χ1v) is 15.9. The molecule has 0 bridgehead atoms. The highest BCUT2D eigenvalue weighted by molar-refractivity contribution is 5.90. The number of carboxylic acid groups (broad SMARTS) is 1. The van der Waals surface area contributed by atoms with Crippen LogP contribution in [-0.2, 0) is 4.74 Å². The van der Waals surface area contributed by atoms with Gasteiger partial charge >= 0.3 is 12.2 Å². The maximum Gasteiger partial charge on any atom is 0.410 e. The summed E-state index contributed by atoms with van der Waals surface area (Å²) in [4.78, 5) is 43.7. The van der Waals surface area contributed by atoms with Gasteiger partial charge in [-0.1, -0.05) is 48.5 Å². The molecular formula is C36H38N6O4. The SMILES string of the molecule is CC(C)(C)OC(=O)N1CCCC1c1nc(-c2ccc3cc(-c4ccc(-c5cnc(C6CCCN6C(=O)O)[nH]5)cc4)ccc3c2)c[nH]1. The Bertz CT molecular complexity index is 1900. The number of fused-ring (bicyclic) bond motifs is 1. The molecule has 10 heteroatoms. The Morgan fingerprint density at radius 3 is 2.13 bits per heavy atom. The number of ether oxygens (including phenoxy) is 1. The number of rotatable bonds is 5. The van der Waals surface area contributed by atoms with Gasteiger partial charge in [0.1, 0.15) is 17.2 Å². The molecule has 0 saturated carbocycles. The highest BCUT2D eigenvalue weighted by Crippen LogP contribution is 2.35. The number of likely N-dealkylation sites (tertiary alicyclic amines) is 2. The van der Waals surface area contributed by atoms with Gasteiger partial charge in [-0.05, 0) is 86.1 Å². The smallest absolute Gasteiger partial charge is 0.410 e. The summed E-state index contributed by atoms with van der Waals surface area (Å²) in [6, 6.07) is 20.8. The molecule has 2 aliphatic rings. The van der Waals surface area contributed by atoms with Gasteiger partial charge in [-0.3, -0.25) is 9.80 Å². The average molecular weight is 619 g/mol. The monoisotopic (exact) mass is 618 g/mol. The van der Waals surface area contributed by atoms with Gasteiger partial charge in [0.2, 0.25) is 0 Å². The number of hydrogen-bond donors (Lipinski definition) is 3.